The van der Waals surface area contributed by atoms with Gasteiger partial charge in [-0.2, -0.15) is 0 Å². The molecular formula is C18H13Li. The molecule has 1 heteroatoms. The van der Waals surface area contributed by atoms with E-state index in [4.69, 9.17) is 0 Å². The van der Waals surface area contributed by atoms with Crippen LogP contribution in [0.25, 0.3) is 32.3 Å². The molecule has 0 aliphatic rings. The van der Waals surface area contributed by atoms with Crippen molar-refractivity contribution in [1.29, 1.82) is 0 Å². The molecule has 0 bridgehead atoms. The molecule has 0 radical (unpaired) electrons. The van der Waals surface area contributed by atoms with Gasteiger partial charge in [0.05, 0.1) is 0 Å². The predicted molar refractivity (Wildman–Crippen MR) is 80.1 cm³/mol. The monoisotopic (exact) mass is 236 g/mol. The molecule has 19 heavy (non-hydrogen) atoms. The van der Waals surface area contributed by atoms with Crippen LogP contribution in [-0.4, -0.2) is 0 Å². The summed E-state index contributed by atoms with van der Waals surface area (Å²) in [6.45, 7) is 0. The van der Waals surface area contributed by atoms with Crippen LogP contribution < -0.4 is 18.9 Å². The van der Waals surface area contributed by atoms with Gasteiger partial charge in [-0.05, 0) is 32.3 Å². The van der Waals surface area contributed by atoms with Crippen molar-refractivity contribution in [2.75, 3.05) is 0 Å². The zero-order valence-corrected chi connectivity index (χ0v) is 10.9. The van der Waals surface area contributed by atoms with E-state index < -0.39 is 0 Å². The molecule has 86 valence electrons. The summed E-state index contributed by atoms with van der Waals surface area (Å²) in [6, 6.07) is 26.0. The van der Waals surface area contributed by atoms with E-state index >= 15 is 0 Å². The van der Waals surface area contributed by atoms with Crippen LogP contribution in [0.5, 0.6) is 0 Å². The third-order valence-corrected chi connectivity index (χ3v) is 3.65. The Morgan fingerprint density at radius 2 is 0.526 bits per heavy atom. The van der Waals surface area contributed by atoms with E-state index in [2.05, 4.69) is 72.8 Å². The van der Waals surface area contributed by atoms with E-state index in [0.717, 1.165) is 0 Å². The van der Waals surface area contributed by atoms with Crippen molar-refractivity contribution in [1.82, 2.24) is 0 Å². The van der Waals surface area contributed by atoms with Gasteiger partial charge in [-0.3, -0.25) is 0 Å². The molecule has 0 aliphatic heterocycles. The summed E-state index contributed by atoms with van der Waals surface area (Å²) in [6.07, 6.45) is 0. The molecular weight excluding hydrogens is 223 g/mol. The van der Waals surface area contributed by atoms with Gasteiger partial charge in [0.15, 0.2) is 0 Å². The summed E-state index contributed by atoms with van der Waals surface area (Å²) in [7, 11) is 0. The Hall–Kier alpha value is -1.74. The molecule has 4 aromatic carbocycles. The van der Waals surface area contributed by atoms with Crippen LogP contribution in [0, 0.1) is 0 Å². The van der Waals surface area contributed by atoms with E-state index in [1.165, 1.54) is 32.3 Å². The zero-order chi connectivity index (χ0) is 11.9. The van der Waals surface area contributed by atoms with E-state index in [1.54, 1.807) is 0 Å². The second kappa shape index (κ2) is 4.74. The molecule has 0 fully saturated rings. The second-order valence-electron chi connectivity index (χ2n) is 4.64. The van der Waals surface area contributed by atoms with E-state index in [1.807, 2.05) is 0 Å². The summed E-state index contributed by atoms with van der Waals surface area (Å²) in [4.78, 5) is 0. The minimum atomic E-state index is 0. The van der Waals surface area contributed by atoms with Crippen molar-refractivity contribution >= 4 is 32.3 Å². The van der Waals surface area contributed by atoms with E-state index in [9.17, 15) is 0 Å². The largest absolute Gasteiger partial charge is 1.00 e. The Labute approximate surface area is 125 Å². The summed E-state index contributed by atoms with van der Waals surface area (Å²) in [5.74, 6) is 0. The van der Waals surface area contributed by atoms with Crippen LogP contribution in [0.3, 0.4) is 0 Å². The fourth-order valence-corrected chi connectivity index (χ4v) is 2.86. The summed E-state index contributed by atoms with van der Waals surface area (Å²) in [5.41, 5.74) is 0. The molecule has 0 aliphatic carbocycles. The first-order chi connectivity index (χ1) is 8.95. The van der Waals surface area contributed by atoms with Crippen LogP contribution >= 0.6 is 0 Å². The molecule has 0 heterocycles. The van der Waals surface area contributed by atoms with Gasteiger partial charge in [-0.15, -0.1) is 0 Å². The summed E-state index contributed by atoms with van der Waals surface area (Å²) < 4.78 is 0. The quantitative estimate of drug-likeness (QED) is 0.324. The zero-order valence-electron chi connectivity index (χ0n) is 11.9. The van der Waals surface area contributed by atoms with Crippen molar-refractivity contribution in [3.05, 3.63) is 72.8 Å². The third-order valence-electron chi connectivity index (χ3n) is 3.65. The number of hydrogen-bond donors (Lipinski definition) is 0. The first-order valence-corrected chi connectivity index (χ1v) is 6.23. The van der Waals surface area contributed by atoms with Gasteiger partial charge in [0.1, 0.15) is 0 Å². The SMILES string of the molecule is [H-].[Li+].c1ccc2c(c1)c1ccccc1c1ccccc21. The first-order valence-electron chi connectivity index (χ1n) is 6.23. The predicted octanol–water partition coefficient (Wildman–Crippen LogP) is 2.26. The fraction of sp³-hybridized carbons (Fsp3) is 0. The van der Waals surface area contributed by atoms with Crippen LogP contribution in [0.15, 0.2) is 72.8 Å². The van der Waals surface area contributed by atoms with Crippen LogP contribution in [0.2, 0.25) is 0 Å². The second-order valence-corrected chi connectivity index (χ2v) is 4.64. The standard InChI is InChI=1S/C18H12.Li.H/c1-2-8-14-13(7-1)15-9-3-4-11-17(15)18-12-6-5-10-16(14)18;;/h1-12H;;/q;+1;-1. The van der Waals surface area contributed by atoms with Crippen LogP contribution in [-0.2, 0) is 0 Å². The maximum Gasteiger partial charge on any atom is 1.00 e. The average molecular weight is 236 g/mol. The minimum absolute atomic E-state index is 0. The van der Waals surface area contributed by atoms with Gasteiger partial charge in [-0.25, -0.2) is 0 Å². The van der Waals surface area contributed by atoms with E-state index in [0.29, 0.717) is 0 Å². The Morgan fingerprint density at radius 3 is 0.684 bits per heavy atom. The van der Waals surface area contributed by atoms with Gasteiger partial charge in [0.2, 0.25) is 0 Å². The minimum Gasteiger partial charge on any atom is -1.00 e. The van der Waals surface area contributed by atoms with Gasteiger partial charge in [-0.1, -0.05) is 72.8 Å². The van der Waals surface area contributed by atoms with Crippen molar-refractivity contribution in [3.63, 3.8) is 0 Å². The molecule has 0 N–H and O–H groups in total. The van der Waals surface area contributed by atoms with Gasteiger partial charge in [0, 0.05) is 0 Å². The molecule has 0 saturated carbocycles. The van der Waals surface area contributed by atoms with Crippen molar-refractivity contribution in [2.24, 2.45) is 0 Å². The van der Waals surface area contributed by atoms with Crippen molar-refractivity contribution < 1.29 is 20.3 Å². The Bertz CT molecular complexity index is 663. The van der Waals surface area contributed by atoms with E-state index in [-0.39, 0.29) is 20.3 Å². The molecule has 0 nitrogen and oxygen atoms in total. The molecule has 4 aromatic rings. The topological polar surface area (TPSA) is 0 Å². The van der Waals surface area contributed by atoms with Gasteiger partial charge >= 0.3 is 18.9 Å². The Morgan fingerprint density at radius 1 is 0.368 bits per heavy atom. The third kappa shape index (κ3) is 1.77. The average Bonchev–Trinajstić information content (AvgIpc) is 2.48. The fourth-order valence-electron chi connectivity index (χ4n) is 2.86. The molecule has 0 aromatic heterocycles. The molecule has 0 atom stereocenters. The normalized spacial score (nSPS) is 10.7. The first kappa shape index (κ1) is 12.3. The maximum atomic E-state index is 2.21. The Balaban J connectivity index is 0.000000735. The number of fused-ring (bicyclic) bond motifs is 6. The van der Waals surface area contributed by atoms with Gasteiger partial charge < -0.3 is 1.43 Å². The number of hydrogen-bond acceptors (Lipinski definition) is 0. The Kier molecular flexibility index (Phi) is 3.07. The molecule has 4 rings (SSSR count). The smallest absolute Gasteiger partial charge is 1.00 e. The molecule has 0 unspecified atom stereocenters. The number of rotatable bonds is 0. The van der Waals surface area contributed by atoms with Crippen molar-refractivity contribution in [2.45, 2.75) is 0 Å². The molecule has 0 amide bonds. The van der Waals surface area contributed by atoms with Crippen LogP contribution in [0.4, 0.5) is 0 Å². The molecule has 0 saturated heterocycles. The summed E-state index contributed by atoms with van der Waals surface area (Å²) in [5, 5.41) is 8.04. The number of benzene rings is 4. The maximum absolute atomic E-state index is 2.21. The van der Waals surface area contributed by atoms with Crippen molar-refractivity contribution in [3.8, 4) is 0 Å². The van der Waals surface area contributed by atoms with Gasteiger partial charge in [0.25, 0.3) is 0 Å². The summed E-state index contributed by atoms with van der Waals surface area (Å²) >= 11 is 0. The molecule has 0 spiro atoms. The van der Waals surface area contributed by atoms with Crippen LogP contribution in [0.1, 0.15) is 1.43 Å².